The Morgan fingerprint density at radius 2 is 0.808 bits per heavy atom. The Kier molecular flexibility index (Phi) is 18.0. The van der Waals surface area contributed by atoms with Crippen molar-refractivity contribution in [2.24, 2.45) is 11.3 Å². The summed E-state index contributed by atoms with van der Waals surface area (Å²) in [6.45, 7) is 18.4. The molecular weight excluding hydrogens is 336 g/mol. The fourth-order valence-corrected chi connectivity index (χ4v) is 1.80. The Hall–Kier alpha value is -0.240. The van der Waals surface area contributed by atoms with E-state index in [4.69, 9.17) is 28.4 Å². The van der Waals surface area contributed by atoms with Crippen LogP contribution in [-0.4, -0.2) is 79.3 Å². The van der Waals surface area contributed by atoms with Crippen molar-refractivity contribution in [3.8, 4) is 0 Å². The van der Waals surface area contributed by atoms with Gasteiger partial charge in [0.1, 0.15) is 0 Å². The van der Waals surface area contributed by atoms with E-state index in [9.17, 15) is 0 Å². The lowest BCUT2D eigenvalue weighted by atomic mass is 9.99. The summed E-state index contributed by atoms with van der Waals surface area (Å²) in [5.74, 6) is 0.686. The third-order valence-corrected chi connectivity index (χ3v) is 3.23. The van der Waals surface area contributed by atoms with E-state index >= 15 is 0 Å². The molecule has 0 atom stereocenters. The molecule has 0 unspecified atom stereocenters. The first-order valence-corrected chi connectivity index (χ1v) is 9.88. The molecule has 0 rings (SSSR count). The third kappa shape index (κ3) is 23.8. The molecule has 0 aliphatic rings. The fourth-order valence-electron chi connectivity index (χ4n) is 1.80. The smallest absolute Gasteiger partial charge is 0.0701 e. The SMILES string of the molecule is CC(C)CCOCCOCCOCCOCCOCCOCC(C)(C)C. The van der Waals surface area contributed by atoms with Gasteiger partial charge in [0.25, 0.3) is 0 Å². The summed E-state index contributed by atoms with van der Waals surface area (Å²) in [4.78, 5) is 0. The highest BCUT2D eigenvalue weighted by Gasteiger charge is 2.09. The van der Waals surface area contributed by atoms with Crippen LogP contribution >= 0.6 is 0 Å². The molecule has 6 nitrogen and oxygen atoms in total. The van der Waals surface area contributed by atoms with E-state index in [0.717, 1.165) is 19.6 Å². The molecule has 0 aromatic carbocycles. The number of hydrogen-bond acceptors (Lipinski definition) is 6. The van der Waals surface area contributed by atoms with Crippen LogP contribution in [0.25, 0.3) is 0 Å². The van der Waals surface area contributed by atoms with Gasteiger partial charge < -0.3 is 28.4 Å². The second-order valence-electron chi connectivity index (χ2n) is 7.86. The van der Waals surface area contributed by atoms with Crippen molar-refractivity contribution in [2.45, 2.75) is 41.0 Å². The van der Waals surface area contributed by atoms with E-state index in [1.165, 1.54) is 0 Å². The lowest BCUT2D eigenvalue weighted by molar-refractivity contribution is -0.0209. The third-order valence-electron chi connectivity index (χ3n) is 3.23. The highest BCUT2D eigenvalue weighted by atomic mass is 16.6. The van der Waals surface area contributed by atoms with Crippen molar-refractivity contribution < 1.29 is 28.4 Å². The summed E-state index contributed by atoms with van der Waals surface area (Å²) in [6, 6.07) is 0. The Morgan fingerprint density at radius 3 is 1.12 bits per heavy atom. The van der Waals surface area contributed by atoms with Gasteiger partial charge in [0, 0.05) is 6.61 Å². The lowest BCUT2D eigenvalue weighted by Crippen LogP contribution is -2.17. The monoisotopic (exact) mass is 378 g/mol. The van der Waals surface area contributed by atoms with E-state index in [1.54, 1.807) is 0 Å². The quantitative estimate of drug-likeness (QED) is 0.322. The Balaban J connectivity index is 3.03. The van der Waals surface area contributed by atoms with Crippen molar-refractivity contribution in [1.82, 2.24) is 0 Å². The van der Waals surface area contributed by atoms with Crippen molar-refractivity contribution in [2.75, 3.05) is 79.3 Å². The first kappa shape index (κ1) is 25.8. The summed E-state index contributed by atoms with van der Waals surface area (Å²) in [5, 5.41) is 0. The van der Waals surface area contributed by atoms with Crippen LogP contribution in [0, 0.1) is 11.3 Å². The van der Waals surface area contributed by atoms with Gasteiger partial charge in [0.15, 0.2) is 0 Å². The van der Waals surface area contributed by atoms with Gasteiger partial charge >= 0.3 is 0 Å². The summed E-state index contributed by atoms with van der Waals surface area (Å²) < 4.78 is 32.7. The maximum atomic E-state index is 5.52. The van der Waals surface area contributed by atoms with Gasteiger partial charge in [-0.3, -0.25) is 0 Å². The van der Waals surface area contributed by atoms with E-state index < -0.39 is 0 Å². The summed E-state index contributed by atoms with van der Waals surface area (Å²) in [5.41, 5.74) is 0.204. The van der Waals surface area contributed by atoms with Crippen molar-refractivity contribution in [3.05, 3.63) is 0 Å². The largest absolute Gasteiger partial charge is 0.379 e. The first-order valence-electron chi connectivity index (χ1n) is 9.88. The molecule has 0 saturated heterocycles. The van der Waals surface area contributed by atoms with Crippen LogP contribution in [0.5, 0.6) is 0 Å². The van der Waals surface area contributed by atoms with Gasteiger partial charge in [-0.2, -0.15) is 0 Å². The predicted octanol–water partition coefficient (Wildman–Crippen LogP) is 3.18. The molecule has 0 fully saturated rings. The van der Waals surface area contributed by atoms with Crippen LogP contribution in [0.1, 0.15) is 41.0 Å². The van der Waals surface area contributed by atoms with Crippen LogP contribution < -0.4 is 0 Å². The van der Waals surface area contributed by atoms with Gasteiger partial charge in [0.05, 0.1) is 72.7 Å². The molecule has 6 heteroatoms. The molecule has 0 saturated carbocycles. The molecule has 0 aromatic heterocycles. The number of hydrogen-bond donors (Lipinski definition) is 0. The zero-order valence-electron chi connectivity index (χ0n) is 17.7. The molecule has 0 amide bonds. The molecule has 0 N–H and O–H groups in total. The first-order chi connectivity index (χ1) is 12.4. The molecule has 0 aliphatic heterocycles. The van der Waals surface area contributed by atoms with E-state index in [1.807, 2.05) is 0 Å². The van der Waals surface area contributed by atoms with Gasteiger partial charge in [-0.25, -0.2) is 0 Å². The summed E-state index contributed by atoms with van der Waals surface area (Å²) in [7, 11) is 0. The Morgan fingerprint density at radius 1 is 0.500 bits per heavy atom. The maximum Gasteiger partial charge on any atom is 0.0701 e. The molecular formula is C20H42O6. The normalized spacial score (nSPS) is 12.2. The predicted molar refractivity (Wildman–Crippen MR) is 104 cm³/mol. The van der Waals surface area contributed by atoms with Crippen molar-refractivity contribution in [3.63, 3.8) is 0 Å². The molecule has 0 radical (unpaired) electrons. The van der Waals surface area contributed by atoms with Gasteiger partial charge in [-0.05, 0) is 17.8 Å². The van der Waals surface area contributed by atoms with Gasteiger partial charge in [0.2, 0.25) is 0 Å². The van der Waals surface area contributed by atoms with Crippen molar-refractivity contribution >= 4 is 0 Å². The van der Waals surface area contributed by atoms with Crippen molar-refractivity contribution in [1.29, 1.82) is 0 Å². The van der Waals surface area contributed by atoms with E-state index in [0.29, 0.717) is 72.0 Å². The van der Waals surface area contributed by atoms with Crippen LogP contribution in [-0.2, 0) is 28.4 Å². The molecule has 0 heterocycles. The van der Waals surface area contributed by atoms with Gasteiger partial charge in [-0.15, -0.1) is 0 Å². The highest BCUT2D eigenvalue weighted by Crippen LogP contribution is 2.12. The minimum absolute atomic E-state index is 0.204. The molecule has 0 bridgehead atoms. The molecule has 0 aromatic rings. The molecule has 158 valence electrons. The second-order valence-corrected chi connectivity index (χ2v) is 7.86. The Bertz CT molecular complexity index is 278. The second kappa shape index (κ2) is 18.1. The highest BCUT2D eigenvalue weighted by molar-refractivity contribution is 4.58. The van der Waals surface area contributed by atoms with Crippen LogP contribution in [0.2, 0.25) is 0 Å². The average Bonchev–Trinajstić information content (AvgIpc) is 2.55. The lowest BCUT2D eigenvalue weighted by Gasteiger charge is -2.17. The Labute approximate surface area is 160 Å². The minimum atomic E-state index is 0.204. The zero-order chi connectivity index (χ0) is 19.5. The molecule has 0 spiro atoms. The van der Waals surface area contributed by atoms with E-state index in [-0.39, 0.29) is 5.41 Å². The van der Waals surface area contributed by atoms with Crippen LogP contribution in [0.3, 0.4) is 0 Å². The molecule has 26 heavy (non-hydrogen) atoms. The van der Waals surface area contributed by atoms with Crippen LogP contribution in [0.4, 0.5) is 0 Å². The number of ether oxygens (including phenoxy) is 6. The van der Waals surface area contributed by atoms with Crippen LogP contribution in [0.15, 0.2) is 0 Å². The minimum Gasteiger partial charge on any atom is -0.379 e. The summed E-state index contributed by atoms with van der Waals surface area (Å²) >= 11 is 0. The zero-order valence-corrected chi connectivity index (χ0v) is 17.7. The molecule has 0 aliphatic carbocycles. The fraction of sp³-hybridized carbons (Fsp3) is 1.00. The van der Waals surface area contributed by atoms with E-state index in [2.05, 4.69) is 34.6 Å². The summed E-state index contributed by atoms with van der Waals surface area (Å²) in [6.07, 6.45) is 1.10. The topological polar surface area (TPSA) is 55.4 Å². The van der Waals surface area contributed by atoms with Gasteiger partial charge in [-0.1, -0.05) is 34.6 Å². The standard InChI is InChI=1S/C20H42O6/c1-19(2)6-7-21-8-9-22-10-11-23-12-13-24-14-15-25-16-17-26-18-20(3,4)5/h19H,6-18H2,1-5H3. The maximum absolute atomic E-state index is 5.52. The average molecular weight is 379 g/mol. The number of rotatable bonds is 19.